The van der Waals surface area contributed by atoms with Gasteiger partial charge in [0.05, 0.1) is 34.8 Å². The topological polar surface area (TPSA) is 53.4 Å². The third kappa shape index (κ3) is 5.58. The summed E-state index contributed by atoms with van der Waals surface area (Å²) in [6.45, 7) is -0.0239. The minimum absolute atomic E-state index is 0.0239. The first-order valence-electron chi connectivity index (χ1n) is 12.6. The van der Waals surface area contributed by atoms with Crippen LogP contribution in [0.5, 0.6) is 5.75 Å². The molecule has 10 heteroatoms. The van der Waals surface area contributed by atoms with Crippen LogP contribution in [-0.2, 0) is 4.74 Å². The van der Waals surface area contributed by atoms with Crippen molar-refractivity contribution >= 4 is 40.2 Å². The van der Waals surface area contributed by atoms with Crippen molar-refractivity contribution in [3.05, 3.63) is 81.6 Å². The molecule has 204 valence electrons. The van der Waals surface area contributed by atoms with Crippen LogP contribution in [0.15, 0.2) is 48.5 Å². The van der Waals surface area contributed by atoms with Gasteiger partial charge in [-0.2, -0.15) is 0 Å². The Kier molecular flexibility index (Phi) is 8.05. The standard InChI is InChI=1S/C29H25Cl2F3N2O3/c1-38-29(37)18-11-20(31)27(23(34)12-18)39-15-26(16-5-3-2-4-6-16)36-25-14-22(33)21(32)13-24(25)35-28(36)17-7-9-19(30)10-8-17/h7-14,16,26H,2-6,15H2,1H3. The highest BCUT2D eigenvalue weighted by molar-refractivity contribution is 6.32. The molecular formula is C29H25Cl2F3N2O3. The van der Waals surface area contributed by atoms with Crippen LogP contribution in [0.3, 0.4) is 0 Å². The highest BCUT2D eigenvalue weighted by Crippen LogP contribution is 2.40. The largest absolute Gasteiger partial charge is 0.487 e. The molecule has 1 aromatic heterocycles. The van der Waals surface area contributed by atoms with E-state index < -0.39 is 29.5 Å². The Morgan fingerprint density at radius 2 is 1.69 bits per heavy atom. The van der Waals surface area contributed by atoms with Gasteiger partial charge in [-0.15, -0.1) is 0 Å². The molecule has 0 amide bonds. The van der Waals surface area contributed by atoms with Crippen LogP contribution in [0, 0.1) is 23.4 Å². The van der Waals surface area contributed by atoms with Gasteiger partial charge in [0.2, 0.25) is 0 Å². The number of ether oxygens (including phenoxy) is 2. The van der Waals surface area contributed by atoms with Crippen LogP contribution in [0.1, 0.15) is 48.5 Å². The predicted octanol–water partition coefficient (Wildman–Crippen LogP) is 8.41. The number of esters is 1. The number of nitrogens with zero attached hydrogens (tertiary/aromatic N) is 2. The molecule has 0 radical (unpaired) electrons. The number of imidazole rings is 1. The molecule has 5 rings (SSSR count). The van der Waals surface area contributed by atoms with E-state index in [-0.39, 0.29) is 34.4 Å². The zero-order valence-electron chi connectivity index (χ0n) is 21.0. The van der Waals surface area contributed by atoms with Gasteiger partial charge in [-0.25, -0.2) is 22.9 Å². The first-order valence-corrected chi connectivity index (χ1v) is 13.4. The monoisotopic (exact) mass is 576 g/mol. The van der Waals surface area contributed by atoms with Gasteiger partial charge >= 0.3 is 5.97 Å². The van der Waals surface area contributed by atoms with Crippen LogP contribution in [0.25, 0.3) is 22.4 Å². The number of methoxy groups -OCH3 is 1. The van der Waals surface area contributed by atoms with Gasteiger partial charge in [0, 0.05) is 22.7 Å². The second kappa shape index (κ2) is 11.5. The third-order valence-electron chi connectivity index (χ3n) is 7.18. The Hall–Kier alpha value is -3.23. The Morgan fingerprint density at radius 3 is 2.36 bits per heavy atom. The van der Waals surface area contributed by atoms with Crippen molar-refractivity contribution in [3.63, 3.8) is 0 Å². The van der Waals surface area contributed by atoms with Crippen LogP contribution in [-0.4, -0.2) is 29.2 Å². The quantitative estimate of drug-likeness (QED) is 0.207. The maximum Gasteiger partial charge on any atom is 0.338 e. The highest BCUT2D eigenvalue weighted by atomic mass is 35.5. The fourth-order valence-corrected chi connectivity index (χ4v) is 5.66. The minimum atomic E-state index is -1.00. The Morgan fingerprint density at radius 1 is 1.00 bits per heavy atom. The van der Waals surface area contributed by atoms with E-state index in [0.717, 1.165) is 50.3 Å². The Labute approximate surface area is 233 Å². The Balaban J connectivity index is 1.62. The maximum absolute atomic E-state index is 15.0. The summed E-state index contributed by atoms with van der Waals surface area (Å²) in [5.74, 6) is -3.17. The number of hydrogen-bond donors (Lipinski definition) is 0. The van der Waals surface area contributed by atoms with E-state index in [1.165, 1.54) is 13.2 Å². The molecule has 1 saturated carbocycles. The maximum atomic E-state index is 15.0. The molecular weight excluding hydrogens is 552 g/mol. The third-order valence-corrected chi connectivity index (χ3v) is 7.71. The van der Waals surface area contributed by atoms with E-state index >= 15 is 4.39 Å². The van der Waals surface area contributed by atoms with Gasteiger partial charge < -0.3 is 14.0 Å². The number of carbonyl (C=O) groups excluding carboxylic acids is 1. The first kappa shape index (κ1) is 27.3. The molecule has 0 spiro atoms. The zero-order chi connectivity index (χ0) is 27.7. The molecule has 3 aromatic carbocycles. The molecule has 1 heterocycles. The molecule has 0 saturated heterocycles. The molecule has 1 aliphatic carbocycles. The smallest absolute Gasteiger partial charge is 0.338 e. The highest BCUT2D eigenvalue weighted by Gasteiger charge is 2.31. The van der Waals surface area contributed by atoms with Gasteiger partial charge in [0.25, 0.3) is 0 Å². The molecule has 1 atom stereocenters. The fraction of sp³-hybridized carbons (Fsp3) is 0.310. The lowest BCUT2D eigenvalue weighted by atomic mass is 9.83. The molecule has 5 nitrogen and oxygen atoms in total. The minimum Gasteiger partial charge on any atom is -0.487 e. The summed E-state index contributed by atoms with van der Waals surface area (Å²) in [6, 6.07) is 11.1. The fourth-order valence-electron chi connectivity index (χ4n) is 5.27. The molecule has 0 N–H and O–H groups in total. The SMILES string of the molecule is COC(=O)c1cc(F)c(OCC(C2CCCCC2)n2c(-c3ccc(Cl)cc3)nc3cc(F)c(F)cc32)c(Cl)c1. The lowest BCUT2D eigenvalue weighted by molar-refractivity contribution is 0.0600. The number of carbonyl (C=O) groups is 1. The lowest BCUT2D eigenvalue weighted by Gasteiger charge is -2.33. The van der Waals surface area contributed by atoms with E-state index in [4.69, 9.17) is 27.9 Å². The number of aromatic nitrogens is 2. The van der Waals surface area contributed by atoms with Gasteiger partial charge in [-0.05, 0) is 55.2 Å². The second-order valence-electron chi connectivity index (χ2n) is 9.60. The number of fused-ring (bicyclic) bond motifs is 1. The van der Waals surface area contributed by atoms with Crippen molar-refractivity contribution in [2.75, 3.05) is 13.7 Å². The van der Waals surface area contributed by atoms with Crippen molar-refractivity contribution in [2.45, 2.75) is 38.1 Å². The summed E-state index contributed by atoms with van der Waals surface area (Å²) >= 11 is 12.4. The summed E-state index contributed by atoms with van der Waals surface area (Å²) in [5.41, 5.74) is 1.33. The average Bonchev–Trinajstić information content (AvgIpc) is 3.28. The normalized spacial score (nSPS) is 14.9. The van der Waals surface area contributed by atoms with E-state index in [9.17, 15) is 13.6 Å². The molecule has 0 aliphatic heterocycles. The van der Waals surface area contributed by atoms with Gasteiger partial charge in [-0.3, -0.25) is 0 Å². The zero-order valence-corrected chi connectivity index (χ0v) is 22.5. The van der Waals surface area contributed by atoms with Crippen LogP contribution >= 0.6 is 23.2 Å². The number of benzene rings is 3. The molecule has 1 fully saturated rings. The van der Waals surface area contributed by atoms with Gasteiger partial charge in [-0.1, -0.05) is 42.5 Å². The molecule has 4 aromatic rings. The summed E-state index contributed by atoms with van der Waals surface area (Å²) in [6.07, 6.45) is 4.82. The van der Waals surface area contributed by atoms with Crippen molar-refractivity contribution in [1.29, 1.82) is 0 Å². The summed E-state index contributed by atoms with van der Waals surface area (Å²) in [4.78, 5) is 16.5. The molecule has 1 unspecified atom stereocenters. The van der Waals surface area contributed by atoms with Gasteiger partial charge in [0.1, 0.15) is 12.4 Å². The van der Waals surface area contributed by atoms with Gasteiger partial charge in [0.15, 0.2) is 23.2 Å². The van der Waals surface area contributed by atoms with Crippen molar-refractivity contribution in [2.24, 2.45) is 5.92 Å². The number of halogens is 5. The summed E-state index contributed by atoms with van der Waals surface area (Å²) in [5, 5.41) is 0.450. The van der Waals surface area contributed by atoms with E-state index in [1.807, 2.05) is 4.57 Å². The number of hydrogen-bond acceptors (Lipinski definition) is 4. The summed E-state index contributed by atoms with van der Waals surface area (Å²) in [7, 11) is 1.19. The van der Waals surface area contributed by atoms with Crippen LogP contribution in [0.2, 0.25) is 10.0 Å². The van der Waals surface area contributed by atoms with Crippen molar-refractivity contribution < 1.29 is 27.4 Å². The molecule has 39 heavy (non-hydrogen) atoms. The predicted molar refractivity (Wildman–Crippen MR) is 144 cm³/mol. The van der Waals surface area contributed by atoms with E-state index in [0.29, 0.717) is 21.9 Å². The van der Waals surface area contributed by atoms with Crippen molar-refractivity contribution in [3.8, 4) is 17.1 Å². The summed E-state index contributed by atoms with van der Waals surface area (Å²) < 4.78 is 56.3. The van der Waals surface area contributed by atoms with Crippen LogP contribution < -0.4 is 4.74 Å². The molecule has 1 aliphatic rings. The van der Waals surface area contributed by atoms with E-state index in [1.54, 1.807) is 24.3 Å². The second-order valence-corrected chi connectivity index (χ2v) is 10.4. The lowest BCUT2D eigenvalue weighted by Crippen LogP contribution is -2.28. The average molecular weight is 577 g/mol. The first-order chi connectivity index (χ1) is 18.8. The van der Waals surface area contributed by atoms with Crippen LogP contribution in [0.4, 0.5) is 13.2 Å². The van der Waals surface area contributed by atoms with Crippen molar-refractivity contribution in [1.82, 2.24) is 9.55 Å². The van der Waals surface area contributed by atoms with E-state index in [2.05, 4.69) is 9.72 Å². The number of rotatable bonds is 7. The molecule has 0 bridgehead atoms. The Bertz CT molecular complexity index is 1500.